The predicted octanol–water partition coefficient (Wildman–Crippen LogP) is 0.460. The molecule has 0 spiro atoms. The largest absolute Gasteiger partial charge is 0.497 e. The average Bonchev–Trinajstić information content (AvgIpc) is 2.76. The zero-order valence-corrected chi connectivity index (χ0v) is 10.4. The van der Waals surface area contributed by atoms with Crippen molar-refractivity contribution in [3.63, 3.8) is 0 Å². The Morgan fingerprint density at radius 2 is 2.06 bits per heavy atom. The van der Waals surface area contributed by atoms with Crippen LogP contribution >= 0.6 is 0 Å². The molecule has 1 aromatic rings. The lowest BCUT2D eigenvalue weighted by Crippen LogP contribution is -2.40. The van der Waals surface area contributed by atoms with E-state index in [1.165, 1.54) is 5.56 Å². The van der Waals surface area contributed by atoms with E-state index in [0.717, 1.165) is 18.8 Å². The number of likely N-dealkylation sites (N-methyl/N-ethyl adjacent to an activating group) is 1. The fraction of sp³-hybridized carbons (Fsp3) is 0.538. The van der Waals surface area contributed by atoms with E-state index in [1.54, 1.807) is 7.11 Å². The van der Waals surface area contributed by atoms with E-state index in [9.17, 15) is 5.11 Å². The van der Waals surface area contributed by atoms with Crippen molar-refractivity contribution in [2.24, 2.45) is 0 Å². The van der Waals surface area contributed by atoms with Crippen molar-refractivity contribution in [1.82, 2.24) is 10.2 Å². The molecular weight excluding hydrogens is 216 g/mol. The smallest absolute Gasteiger partial charge is 0.118 e. The van der Waals surface area contributed by atoms with Gasteiger partial charge in [0, 0.05) is 25.7 Å². The lowest BCUT2D eigenvalue weighted by atomic mass is 10.1. The van der Waals surface area contributed by atoms with Gasteiger partial charge < -0.3 is 15.2 Å². The minimum Gasteiger partial charge on any atom is -0.497 e. The van der Waals surface area contributed by atoms with Crippen LogP contribution in [0, 0.1) is 0 Å². The van der Waals surface area contributed by atoms with E-state index < -0.39 is 0 Å². The molecule has 0 aromatic heterocycles. The second-order valence-corrected chi connectivity index (χ2v) is 4.56. The van der Waals surface area contributed by atoms with Crippen LogP contribution in [0.4, 0.5) is 0 Å². The maximum atomic E-state index is 9.80. The molecule has 94 valence electrons. The lowest BCUT2D eigenvalue weighted by Gasteiger charge is -2.26. The van der Waals surface area contributed by atoms with Crippen molar-refractivity contribution in [2.75, 3.05) is 27.2 Å². The molecule has 0 bridgehead atoms. The third kappa shape index (κ3) is 2.97. The number of nitrogens with zero attached hydrogens (tertiary/aromatic N) is 1. The normalized spacial score (nSPS) is 24.2. The molecule has 2 atom stereocenters. The van der Waals surface area contributed by atoms with E-state index >= 15 is 0 Å². The molecule has 0 radical (unpaired) electrons. The van der Waals surface area contributed by atoms with Crippen LogP contribution in [0.3, 0.4) is 0 Å². The molecule has 0 aliphatic carbocycles. The highest BCUT2D eigenvalue weighted by Gasteiger charge is 2.28. The summed E-state index contributed by atoms with van der Waals surface area (Å²) in [5.74, 6) is 0.874. The fourth-order valence-electron chi connectivity index (χ4n) is 2.24. The van der Waals surface area contributed by atoms with Gasteiger partial charge in [-0.1, -0.05) is 12.1 Å². The number of nitrogens with one attached hydrogen (secondary N) is 1. The molecule has 1 aliphatic heterocycles. The summed E-state index contributed by atoms with van der Waals surface area (Å²) in [6.07, 6.45) is -0.266. The number of ether oxygens (including phenoxy) is 1. The van der Waals surface area contributed by atoms with Crippen molar-refractivity contribution in [1.29, 1.82) is 0 Å². The third-order valence-electron chi connectivity index (χ3n) is 3.31. The van der Waals surface area contributed by atoms with Gasteiger partial charge in [-0.15, -0.1) is 0 Å². The Kier molecular flexibility index (Phi) is 3.99. The van der Waals surface area contributed by atoms with Crippen LogP contribution < -0.4 is 10.1 Å². The molecule has 4 heteroatoms. The van der Waals surface area contributed by atoms with Crippen molar-refractivity contribution >= 4 is 0 Å². The van der Waals surface area contributed by atoms with Crippen LogP contribution in [0.5, 0.6) is 5.75 Å². The first-order valence-corrected chi connectivity index (χ1v) is 5.92. The van der Waals surface area contributed by atoms with E-state index in [-0.39, 0.29) is 12.1 Å². The third-order valence-corrected chi connectivity index (χ3v) is 3.31. The molecule has 1 fully saturated rings. The molecule has 0 saturated carbocycles. The topological polar surface area (TPSA) is 44.7 Å². The second-order valence-electron chi connectivity index (χ2n) is 4.56. The summed E-state index contributed by atoms with van der Waals surface area (Å²) in [6, 6.07) is 8.25. The van der Waals surface area contributed by atoms with Crippen molar-refractivity contribution in [2.45, 2.75) is 18.7 Å². The van der Waals surface area contributed by atoms with Gasteiger partial charge in [0.2, 0.25) is 0 Å². The highest BCUT2D eigenvalue weighted by atomic mass is 16.5. The number of hydrogen-bond acceptors (Lipinski definition) is 4. The van der Waals surface area contributed by atoms with Crippen LogP contribution in [0.1, 0.15) is 5.56 Å². The van der Waals surface area contributed by atoms with Crippen LogP contribution in [0.2, 0.25) is 0 Å². The van der Waals surface area contributed by atoms with Gasteiger partial charge in [-0.3, -0.25) is 4.90 Å². The molecule has 1 saturated heterocycles. The van der Waals surface area contributed by atoms with Crippen LogP contribution in [0.25, 0.3) is 0 Å². The van der Waals surface area contributed by atoms with Gasteiger partial charge in [-0.25, -0.2) is 0 Å². The Hall–Kier alpha value is -1.10. The van der Waals surface area contributed by atoms with Gasteiger partial charge in [0.25, 0.3) is 0 Å². The minimum absolute atomic E-state index is 0.206. The molecule has 1 aliphatic rings. The number of rotatable bonds is 4. The highest BCUT2D eigenvalue weighted by molar-refractivity contribution is 5.27. The molecule has 0 unspecified atom stereocenters. The number of aliphatic hydroxyl groups excluding tert-OH is 1. The Morgan fingerprint density at radius 3 is 2.59 bits per heavy atom. The average molecular weight is 236 g/mol. The Bertz CT molecular complexity index is 353. The van der Waals surface area contributed by atoms with Crippen LogP contribution in [-0.2, 0) is 6.54 Å². The van der Waals surface area contributed by atoms with Crippen molar-refractivity contribution < 1.29 is 9.84 Å². The van der Waals surface area contributed by atoms with E-state index in [4.69, 9.17) is 4.74 Å². The molecule has 0 amide bonds. The number of β-amino-alcohol motifs (C(OH)–C–C–N with tert-alkyl or cyclic N) is 1. The highest BCUT2D eigenvalue weighted by Crippen LogP contribution is 2.15. The van der Waals surface area contributed by atoms with E-state index in [0.29, 0.717) is 6.54 Å². The maximum Gasteiger partial charge on any atom is 0.118 e. The Balaban J connectivity index is 1.95. The summed E-state index contributed by atoms with van der Waals surface area (Å²) in [7, 11) is 3.72. The van der Waals surface area contributed by atoms with Crippen LogP contribution in [-0.4, -0.2) is 49.4 Å². The first kappa shape index (κ1) is 12.4. The first-order chi connectivity index (χ1) is 8.20. The van der Waals surface area contributed by atoms with Crippen LogP contribution in [0.15, 0.2) is 24.3 Å². The summed E-state index contributed by atoms with van der Waals surface area (Å²) in [4.78, 5) is 2.19. The quantitative estimate of drug-likeness (QED) is 0.797. The molecule has 4 nitrogen and oxygen atoms in total. The lowest BCUT2D eigenvalue weighted by molar-refractivity contribution is 0.0955. The maximum absolute atomic E-state index is 9.80. The summed E-state index contributed by atoms with van der Waals surface area (Å²) in [5, 5.41) is 13.0. The van der Waals surface area contributed by atoms with E-state index in [2.05, 4.69) is 22.3 Å². The molecule has 17 heavy (non-hydrogen) atoms. The van der Waals surface area contributed by atoms with Gasteiger partial charge >= 0.3 is 0 Å². The SMILES string of the molecule is COc1ccc(CN(C)[C@H]2CNC[C@@H]2O)cc1. The molecular formula is C13H20N2O2. The molecule has 1 heterocycles. The van der Waals surface area contributed by atoms with E-state index in [1.807, 2.05) is 19.2 Å². The molecule has 2 rings (SSSR count). The minimum atomic E-state index is -0.266. The van der Waals surface area contributed by atoms with Gasteiger partial charge in [-0.05, 0) is 24.7 Å². The summed E-state index contributed by atoms with van der Waals surface area (Å²) in [5.41, 5.74) is 1.23. The molecule has 2 N–H and O–H groups in total. The van der Waals surface area contributed by atoms with Crippen molar-refractivity contribution in [3.05, 3.63) is 29.8 Å². The summed E-state index contributed by atoms with van der Waals surface area (Å²) >= 11 is 0. The molecule has 1 aromatic carbocycles. The van der Waals surface area contributed by atoms with Crippen molar-refractivity contribution in [3.8, 4) is 5.75 Å². The number of methoxy groups -OCH3 is 1. The summed E-state index contributed by atoms with van der Waals surface area (Å²) in [6.45, 7) is 2.39. The first-order valence-electron chi connectivity index (χ1n) is 5.92. The standard InChI is InChI=1S/C13H20N2O2/c1-15(12-7-14-8-13(12)16)9-10-3-5-11(17-2)6-4-10/h3-6,12-14,16H,7-9H2,1-2H3/t12-,13-/m0/s1. The van der Waals surface area contributed by atoms with Gasteiger partial charge in [-0.2, -0.15) is 0 Å². The summed E-state index contributed by atoms with van der Waals surface area (Å²) < 4.78 is 5.13. The second kappa shape index (κ2) is 5.49. The van der Waals surface area contributed by atoms with Gasteiger partial charge in [0.15, 0.2) is 0 Å². The Labute approximate surface area is 102 Å². The van der Waals surface area contributed by atoms with Gasteiger partial charge in [0.05, 0.1) is 13.2 Å². The fourth-order valence-corrected chi connectivity index (χ4v) is 2.24. The predicted molar refractivity (Wildman–Crippen MR) is 67.1 cm³/mol. The number of hydrogen-bond donors (Lipinski definition) is 2. The zero-order chi connectivity index (χ0) is 12.3. The monoisotopic (exact) mass is 236 g/mol. The zero-order valence-electron chi connectivity index (χ0n) is 10.4. The number of aliphatic hydroxyl groups is 1. The Morgan fingerprint density at radius 1 is 1.35 bits per heavy atom. The number of benzene rings is 1. The van der Waals surface area contributed by atoms with Gasteiger partial charge in [0.1, 0.15) is 5.75 Å².